The Morgan fingerprint density at radius 1 is 1.53 bits per heavy atom. The molecule has 3 rings (SSSR count). The second-order valence-corrected chi connectivity index (χ2v) is 4.84. The normalized spacial score (nSPS) is 24.6. The van der Waals surface area contributed by atoms with Crippen LogP contribution in [-0.2, 0) is 4.74 Å². The summed E-state index contributed by atoms with van der Waals surface area (Å²) in [5, 5.41) is 0.699. The van der Waals surface area contributed by atoms with E-state index in [0.29, 0.717) is 11.0 Å². The first-order valence-electron chi connectivity index (χ1n) is 5.71. The number of rotatable bonds is 1. The minimum absolute atomic E-state index is 0.161. The lowest BCUT2D eigenvalue weighted by Crippen LogP contribution is -2.18. The van der Waals surface area contributed by atoms with Crippen molar-refractivity contribution in [3.8, 4) is 0 Å². The number of imidazole rings is 1. The molecule has 0 spiro atoms. The Labute approximate surface area is 104 Å². The lowest BCUT2D eigenvalue weighted by Gasteiger charge is -2.18. The monoisotopic (exact) mass is 251 g/mol. The van der Waals surface area contributed by atoms with Crippen molar-refractivity contribution >= 4 is 28.6 Å². The molecule has 0 amide bonds. The summed E-state index contributed by atoms with van der Waals surface area (Å²) in [7, 11) is 0. The number of nitrogens with two attached hydrogens (primary N) is 1. The molecule has 2 aromatic rings. The van der Waals surface area contributed by atoms with Gasteiger partial charge < -0.3 is 15.0 Å². The van der Waals surface area contributed by atoms with Crippen LogP contribution in [0.25, 0.3) is 11.0 Å². The highest BCUT2D eigenvalue weighted by Gasteiger charge is 2.28. The van der Waals surface area contributed by atoms with Crippen molar-refractivity contribution in [1.82, 2.24) is 9.55 Å². The van der Waals surface area contributed by atoms with Gasteiger partial charge in [0.05, 0.1) is 23.2 Å². The van der Waals surface area contributed by atoms with Crippen LogP contribution in [0.1, 0.15) is 19.4 Å². The predicted octanol–water partition coefficient (Wildman–Crippen LogP) is 2.62. The third-order valence-corrected chi connectivity index (χ3v) is 3.58. The number of nitrogens with zero attached hydrogens (tertiary/aromatic N) is 2. The highest BCUT2D eigenvalue weighted by atomic mass is 35.5. The lowest BCUT2D eigenvalue weighted by molar-refractivity contribution is 0.109. The number of nitrogen functional groups attached to an aromatic ring is 1. The molecule has 2 unspecified atom stereocenters. The van der Waals surface area contributed by atoms with E-state index in [1.807, 2.05) is 22.8 Å². The Kier molecular flexibility index (Phi) is 2.49. The smallest absolute Gasteiger partial charge is 0.201 e. The first-order valence-corrected chi connectivity index (χ1v) is 6.09. The van der Waals surface area contributed by atoms with E-state index in [-0.39, 0.29) is 12.1 Å². The predicted molar refractivity (Wildman–Crippen MR) is 68.2 cm³/mol. The van der Waals surface area contributed by atoms with Crippen LogP contribution < -0.4 is 5.73 Å². The topological polar surface area (TPSA) is 53.1 Å². The molecule has 0 radical (unpaired) electrons. The second kappa shape index (κ2) is 3.89. The van der Waals surface area contributed by atoms with Gasteiger partial charge in [0.1, 0.15) is 0 Å². The van der Waals surface area contributed by atoms with E-state index < -0.39 is 0 Å². The van der Waals surface area contributed by atoms with Crippen molar-refractivity contribution in [3.63, 3.8) is 0 Å². The fraction of sp³-hybridized carbons (Fsp3) is 0.417. The number of hydrogen-bond donors (Lipinski definition) is 1. The molecule has 1 saturated heterocycles. The van der Waals surface area contributed by atoms with Gasteiger partial charge in [-0.1, -0.05) is 11.6 Å². The highest BCUT2D eigenvalue weighted by Crippen LogP contribution is 2.32. The van der Waals surface area contributed by atoms with Crippen LogP contribution in [-0.4, -0.2) is 22.3 Å². The summed E-state index contributed by atoms with van der Waals surface area (Å²) >= 11 is 6.03. The van der Waals surface area contributed by atoms with Gasteiger partial charge in [-0.05, 0) is 31.5 Å². The van der Waals surface area contributed by atoms with Crippen molar-refractivity contribution in [1.29, 1.82) is 0 Å². The van der Waals surface area contributed by atoms with Crippen LogP contribution in [0.4, 0.5) is 5.95 Å². The molecule has 1 aliphatic rings. The molecule has 2 heterocycles. The summed E-state index contributed by atoms with van der Waals surface area (Å²) in [6.07, 6.45) is 1.12. The van der Waals surface area contributed by atoms with Crippen molar-refractivity contribution in [2.45, 2.75) is 25.5 Å². The van der Waals surface area contributed by atoms with Gasteiger partial charge in [-0.25, -0.2) is 4.98 Å². The molecule has 17 heavy (non-hydrogen) atoms. The number of fused-ring (bicyclic) bond motifs is 1. The maximum Gasteiger partial charge on any atom is 0.201 e. The maximum absolute atomic E-state index is 6.03. The first-order chi connectivity index (χ1) is 8.16. The Hall–Kier alpha value is -1.26. The van der Waals surface area contributed by atoms with Crippen LogP contribution in [0.3, 0.4) is 0 Å². The number of ether oxygens (including phenoxy) is 1. The first kappa shape index (κ1) is 10.9. The Morgan fingerprint density at radius 3 is 3.06 bits per heavy atom. The minimum Gasteiger partial charge on any atom is -0.376 e. The van der Waals surface area contributed by atoms with Gasteiger partial charge in [-0.15, -0.1) is 0 Å². The molecule has 2 atom stereocenters. The van der Waals surface area contributed by atoms with Gasteiger partial charge in [0.15, 0.2) is 0 Å². The van der Waals surface area contributed by atoms with Crippen molar-refractivity contribution in [3.05, 3.63) is 23.2 Å². The van der Waals surface area contributed by atoms with Crippen LogP contribution in [0.15, 0.2) is 18.2 Å². The molecule has 0 aliphatic carbocycles. The van der Waals surface area contributed by atoms with Gasteiger partial charge in [0, 0.05) is 11.6 Å². The van der Waals surface area contributed by atoms with Gasteiger partial charge in [-0.2, -0.15) is 0 Å². The van der Waals surface area contributed by atoms with Gasteiger partial charge >= 0.3 is 0 Å². The Bertz CT molecular complexity index is 566. The number of benzene rings is 1. The van der Waals surface area contributed by atoms with Crippen LogP contribution >= 0.6 is 11.6 Å². The third-order valence-electron chi connectivity index (χ3n) is 3.35. The summed E-state index contributed by atoms with van der Waals surface area (Å²) in [4.78, 5) is 4.36. The summed E-state index contributed by atoms with van der Waals surface area (Å²) in [5.41, 5.74) is 7.86. The van der Waals surface area contributed by atoms with Gasteiger partial charge in [0.2, 0.25) is 5.95 Å². The van der Waals surface area contributed by atoms with Gasteiger partial charge in [0.25, 0.3) is 0 Å². The second-order valence-electron chi connectivity index (χ2n) is 4.40. The highest BCUT2D eigenvalue weighted by molar-refractivity contribution is 6.31. The average Bonchev–Trinajstić information content (AvgIpc) is 2.81. The van der Waals surface area contributed by atoms with Crippen LogP contribution in [0.5, 0.6) is 0 Å². The molecule has 1 aromatic heterocycles. The lowest BCUT2D eigenvalue weighted by atomic mass is 10.1. The van der Waals surface area contributed by atoms with Gasteiger partial charge in [-0.3, -0.25) is 0 Å². The standard InChI is InChI=1S/C12H14ClN3O/c1-7-10(4-5-17-7)16-11-6-8(13)2-3-9(11)15-12(16)14/h2-3,6-7,10H,4-5H2,1H3,(H2,14,15). The Balaban J connectivity index is 2.20. The summed E-state index contributed by atoms with van der Waals surface area (Å²) in [6.45, 7) is 2.83. The molecular weight excluding hydrogens is 238 g/mol. The molecule has 1 aromatic carbocycles. The largest absolute Gasteiger partial charge is 0.376 e. The fourth-order valence-electron chi connectivity index (χ4n) is 2.49. The van der Waals surface area contributed by atoms with Crippen molar-refractivity contribution in [2.24, 2.45) is 0 Å². The van der Waals surface area contributed by atoms with E-state index >= 15 is 0 Å². The molecule has 2 N–H and O–H groups in total. The summed E-state index contributed by atoms with van der Waals surface area (Å²) in [5.74, 6) is 0.532. The SMILES string of the molecule is CC1OCCC1n1c(N)nc2ccc(Cl)cc21. The molecule has 0 bridgehead atoms. The number of halogens is 1. The van der Waals surface area contributed by atoms with Crippen molar-refractivity contribution < 1.29 is 4.74 Å². The van der Waals surface area contributed by atoms with E-state index in [9.17, 15) is 0 Å². The molecular formula is C12H14ClN3O. The summed E-state index contributed by atoms with van der Waals surface area (Å²) < 4.78 is 7.63. The molecule has 1 aliphatic heterocycles. The molecule has 5 heteroatoms. The fourth-order valence-corrected chi connectivity index (χ4v) is 2.66. The number of aromatic nitrogens is 2. The minimum atomic E-state index is 0.161. The Morgan fingerprint density at radius 2 is 2.35 bits per heavy atom. The van der Waals surface area contributed by atoms with E-state index in [1.54, 1.807) is 0 Å². The molecule has 4 nitrogen and oxygen atoms in total. The molecule has 1 fully saturated rings. The quantitative estimate of drug-likeness (QED) is 0.848. The van der Waals surface area contributed by atoms with E-state index in [0.717, 1.165) is 24.1 Å². The van der Waals surface area contributed by atoms with Crippen LogP contribution in [0.2, 0.25) is 5.02 Å². The third kappa shape index (κ3) is 1.68. The summed E-state index contributed by atoms with van der Waals surface area (Å²) in [6, 6.07) is 5.88. The van der Waals surface area contributed by atoms with Crippen LogP contribution in [0, 0.1) is 0 Å². The number of anilines is 1. The van der Waals surface area contributed by atoms with E-state index in [1.165, 1.54) is 0 Å². The maximum atomic E-state index is 6.03. The molecule has 90 valence electrons. The number of hydrogen-bond acceptors (Lipinski definition) is 3. The zero-order valence-corrected chi connectivity index (χ0v) is 10.3. The zero-order valence-electron chi connectivity index (χ0n) is 9.56. The molecule has 0 saturated carbocycles. The van der Waals surface area contributed by atoms with E-state index in [2.05, 4.69) is 11.9 Å². The van der Waals surface area contributed by atoms with Crippen molar-refractivity contribution in [2.75, 3.05) is 12.3 Å². The van der Waals surface area contributed by atoms with E-state index in [4.69, 9.17) is 22.1 Å². The zero-order chi connectivity index (χ0) is 12.0. The average molecular weight is 252 g/mol.